The second-order valence-electron chi connectivity index (χ2n) is 3.19. The number of benzene rings is 1. The van der Waals surface area contributed by atoms with Crippen LogP contribution in [0.15, 0.2) is 18.2 Å². The molecule has 0 aliphatic rings. The molecule has 0 aliphatic heterocycles. The van der Waals surface area contributed by atoms with Gasteiger partial charge < -0.3 is 9.47 Å². The summed E-state index contributed by atoms with van der Waals surface area (Å²) in [6, 6.07) is 7.88. The maximum Gasteiger partial charge on any atom is 0.125 e. The fourth-order valence-electron chi connectivity index (χ4n) is 1.42. The molecule has 0 radical (unpaired) electrons. The summed E-state index contributed by atoms with van der Waals surface area (Å²) in [5, 5.41) is 8.45. The van der Waals surface area contributed by atoms with Crippen LogP contribution >= 0.6 is 0 Å². The minimum atomic E-state index is 0.579. The molecule has 0 bridgehead atoms. The van der Waals surface area contributed by atoms with Gasteiger partial charge in [0, 0.05) is 12.5 Å². The standard InChI is InChI=1S/C12H15NO2/c1-14-11-7-6-10(5-3-4-8-13)12(9-11)15-2/h6-7,9H,3-5H2,1-2H3. The highest BCUT2D eigenvalue weighted by Crippen LogP contribution is 2.25. The van der Waals surface area contributed by atoms with E-state index in [-0.39, 0.29) is 0 Å². The molecule has 0 saturated carbocycles. The number of nitrogens with zero attached hydrogens (tertiary/aromatic N) is 1. The van der Waals surface area contributed by atoms with Gasteiger partial charge in [-0.25, -0.2) is 0 Å². The Morgan fingerprint density at radius 2 is 2.07 bits per heavy atom. The van der Waals surface area contributed by atoms with Crippen LogP contribution in [0, 0.1) is 11.3 Å². The van der Waals surface area contributed by atoms with E-state index in [0.29, 0.717) is 6.42 Å². The van der Waals surface area contributed by atoms with Crippen LogP contribution in [-0.2, 0) is 6.42 Å². The molecule has 0 spiro atoms. The maximum absolute atomic E-state index is 8.45. The largest absolute Gasteiger partial charge is 0.497 e. The fourth-order valence-corrected chi connectivity index (χ4v) is 1.42. The second kappa shape index (κ2) is 5.92. The normalized spacial score (nSPS) is 9.40. The van der Waals surface area contributed by atoms with E-state index in [2.05, 4.69) is 6.07 Å². The average molecular weight is 205 g/mol. The minimum absolute atomic E-state index is 0.579. The molecule has 0 aliphatic carbocycles. The summed E-state index contributed by atoms with van der Waals surface area (Å²) in [5.41, 5.74) is 1.12. The number of hydrogen-bond acceptors (Lipinski definition) is 3. The molecule has 0 heterocycles. The van der Waals surface area contributed by atoms with Gasteiger partial charge in [-0.2, -0.15) is 5.26 Å². The number of rotatable bonds is 5. The average Bonchev–Trinajstić information content (AvgIpc) is 2.29. The van der Waals surface area contributed by atoms with E-state index < -0.39 is 0 Å². The lowest BCUT2D eigenvalue weighted by molar-refractivity contribution is 0.390. The van der Waals surface area contributed by atoms with Gasteiger partial charge in [-0.1, -0.05) is 6.07 Å². The topological polar surface area (TPSA) is 42.2 Å². The molecule has 0 amide bonds. The smallest absolute Gasteiger partial charge is 0.125 e. The molecule has 0 atom stereocenters. The van der Waals surface area contributed by atoms with Crippen LogP contribution < -0.4 is 9.47 Å². The Kier molecular flexibility index (Phi) is 4.49. The summed E-state index contributed by atoms with van der Waals surface area (Å²) in [7, 11) is 3.27. The highest BCUT2D eigenvalue weighted by molar-refractivity contribution is 5.40. The third-order valence-corrected chi connectivity index (χ3v) is 2.23. The van der Waals surface area contributed by atoms with Crippen molar-refractivity contribution in [3.05, 3.63) is 23.8 Å². The molecule has 0 fully saturated rings. The Bertz CT molecular complexity index is 355. The zero-order chi connectivity index (χ0) is 11.1. The first-order valence-corrected chi connectivity index (χ1v) is 4.89. The highest BCUT2D eigenvalue weighted by atomic mass is 16.5. The van der Waals surface area contributed by atoms with E-state index in [0.717, 1.165) is 29.9 Å². The number of unbranched alkanes of at least 4 members (excludes halogenated alkanes) is 1. The Hall–Kier alpha value is -1.69. The SMILES string of the molecule is COc1ccc(CCCC#N)c(OC)c1. The molecule has 15 heavy (non-hydrogen) atoms. The first-order chi connectivity index (χ1) is 7.31. The van der Waals surface area contributed by atoms with E-state index in [1.807, 2.05) is 18.2 Å². The molecule has 3 heteroatoms. The molecule has 0 aromatic heterocycles. The number of methoxy groups -OCH3 is 2. The maximum atomic E-state index is 8.45. The van der Waals surface area contributed by atoms with E-state index in [4.69, 9.17) is 14.7 Å². The summed E-state index contributed by atoms with van der Waals surface area (Å²) in [6.07, 6.45) is 2.30. The van der Waals surface area contributed by atoms with Crippen molar-refractivity contribution in [1.82, 2.24) is 0 Å². The lowest BCUT2D eigenvalue weighted by atomic mass is 10.1. The highest BCUT2D eigenvalue weighted by Gasteiger charge is 2.04. The van der Waals surface area contributed by atoms with Gasteiger partial charge in [-0.15, -0.1) is 0 Å². The number of hydrogen-bond donors (Lipinski definition) is 0. The van der Waals surface area contributed by atoms with Crippen LogP contribution in [0.25, 0.3) is 0 Å². The van der Waals surface area contributed by atoms with Crippen LogP contribution in [0.4, 0.5) is 0 Å². The van der Waals surface area contributed by atoms with E-state index in [1.165, 1.54) is 0 Å². The summed E-state index contributed by atoms with van der Waals surface area (Å²) in [6.45, 7) is 0. The van der Waals surface area contributed by atoms with E-state index in [1.54, 1.807) is 14.2 Å². The molecule has 1 rings (SSSR count). The fraction of sp³-hybridized carbons (Fsp3) is 0.417. The third-order valence-electron chi connectivity index (χ3n) is 2.23. The second-order valence-corrected chi connectivity index (χ2v) is 3.19. The summed E-state index contributed by atoms with van der Waals surface area (Å²) >= 11 is 0. The van der Waals surface area contributed by atoms with Gasteiger partial charge >= 0.3 is 0 Å². The predicted molar refractivity (Wildman–Crippen MR) is 58.1 cm³/mol. The van der Waals surface area contributed by atoms with Crippen molar-refractivity contribution in [3.8, 4) is 17.6 Å². The monoisotopic (exact) mass is 205 g/mol. The van der Waals surface area contributed by atoms with Crippen molar-refractivity contribution in [2.45, 2.75) is 19.3 Å². The van der Waals surface area contributed by atoms with Gasteiger partial charge in [0.25, 0.3) is 0 Å². The van der Waals surface area contributed by atoms with Gasteiger partial charge in [0.1, 0.15) is 11.5 Å². The third kappa shape index (κ3) is 3.17. The molecular weight excluding hydrogens is 190 g/mol. The molecule has 1 aromatic rings. The zero-order valence-electron chi connectivity index (χ0n) is 9.12. The predicted octanol–water partition coefficient (Wildman–Crippen LogP) is 2.55. The van der Waals surface area contributed by atoms with Crippen LogP contribution in [0.1, 0.15) is 18.4 Å². The lowest BCUT2D eigenvalue weighted by Gasteiger charge is -2.09. The Morgan fingerprint density at radius 3 is 2.67 bits per heavy atom. The van der Waals surface area contributed by atoms with Crippen molar-refractivity contribution in [2.75, 3.05) is 14.2 Å². The van der Waals surface area contributed by atoms with Gasteiger partial charge in [-0.05, 0) is 24.5 Å². The summed E-state index contributed by atoms with van der Waals surface area (Å²) in [5.74, 6) is 1.61. The lowest BCUT2D eigenvalue weighted by Crippen LogP contribution is -1.93. The minimum Gasteiger partial charge on any atom is -0.497 e. The molecular formula is C12H15NO2. The Labute approximate surface area is 90.2 Å². The number of aryl methyl sites for hydroxylation is 1. The summed E-state index contributed by atoms with van der Waals surface area (Å²) < 4.78 is 10.4. The molecule has 0 unspecified atom stereocenters. The van der Waals surface area contributed by atoms with E-state index >= 15 is 0 Å². The van der Waals surface area contributed by atoms with Gasteiger partial charge in [0.2, 0.25) is 0 Å². The van der Waals surface area contributed by atoms with Gasteiger partial charge in [0.15, 0.2) is 0 Å². The van der Waals surface area contributed by atoms with Gasteiger partial charge in [0.05, 0.1) is 20.3 Å². The van der Waals surface area contributed by atoms with Crippen LogP contribution in [0.2, 0.25) is 0 Å². The zero-order valence-corrected chi connectivity index (χ0v) is 9.12. The molecule has 1 aromatic carbocycles. The Balaban J connectivity index is 2.74. The van der Waals surface area contributed by atoms with Crippen molar-refractivity contribution < 1.29 is 9.47 Å². The molecule has 80 valence electrons. The Morgan fingerprint density at radius 1 is 1.27 bits per heavy atom. The van der Waals surface area contributed by atoms with Crippen molar-refractivity contribution in [2.24, 2.45) is 0 Å². The number of ether oxygens (including phenoxy) is 2. The molecule has 0 saturated heterocycles. The van der Waals surface area contributed by atoms with Crippen molar-refractivity contribution >= 4 is 0 Å². The molecule has 3 nitrogen and oxygen atoms in total. The van der Waals surface area contributed by atoms with E-state index in [9.17, 15) is 0 Å². The number of nitriles is 1. The van der Waals surface area contributed by atoms with Crippen LogP contribution in [-0.4, -0.2) is 14.2 Å². The van der Waals surface area contributed by atoms with Crippen molar-refractivity contribution in [1.29, 1.82) is 5.26 Å². The van der Waals surface area contributed by atoms with Gasteiger partial charge in [-0.3, -0.25) is 0 Å². The van der Waals surface area contributed by atoms with Crippen LogP contribution in [0.3, 0.4) is 0 Å². The van der Waals surface area contributed by atoms with Crippen molar-refractivity contribution in [3.63, 3.8) is 0 Å². The summed E-state index contributed by atoms with van der Waals surface area (Å²) in [4.78, 5) is 0. The quantitative estimate of drug-likeness (QED) is 0.694. The first-order valence-electron chi connectivity index (χ1n) is 4.89. The van der Waals surface area contributed by atoms with Crippen LogP contribution in [0.5, 0.6) is 11.5 Å². The molecule has 0 N–H and O–H groups in total. The first kappa shape index (κ1) is 11.4.